The monoisotopic (exact) mass is 244 g/mol. The van der Waals surface area contributed by atoms with E-state index in [1.807, 2.05) is 0 Å². The molecule has 0 radical (unpaired) electrons. The lowest BCUT2D eigenvalue weighted by Gasteiger charge is -2.20. The van der Waals surface area contributed by atoms with Gasteiger partial charge in [-0.1, -0.05) is 13.2 Å². The van der Waals surface area contributed by atoms with Gasteiger partial charge in [-0.25, -0.2) is 4.79 Å². The third-order valence-electron chi connectivity index (χ3n) is 1.52. The highest BCUT2D eigenvalue weighted by molar-refractivity contribution is 5.86. The van der Waals surface area contributed by atoms with Crippen LogP contribution in [-0.2, 0) is 9.53 Å². The lowest BCUT2D eigenvalue weighted by Crippen LogP contribution is -2.34. The number of hydrogen-bond acceptors (Lipinski definition) is 2. The molecule has 7 heteroatoms. The molecule has 92 valence electrons. The van der Waals surface area contributed by atoms with Crippen molar-refractivity contribution in [2.45, 2.75) is 19.0 Å². The molecular formula is C9H9F5O2. The highest BCUT2D eigenvalue weighted by Crippen LogP contribution is 2.36. The van der Waals surface area contributed by atoms with Gasteiger partial charge in [-0.2, -0.15) is 22.0 Å². The summed E-state index contributed by atoms with van der Waals surface area (Å²) in [4.78, 5) is 10.7. The Morgan fingerprint density at radius 1 is 1.19 bits per heavy atom. The molecule has 0 aromatic carbocycles. The fourth-order valence-corrected chi connectivity index (χ4v) is 0.574. The minimum Gasteiger partial charge on any atom is -0.456 e. The van der Waals surface area contributed by atoms with Gasteiger partial charge in [0.2, 0.25) is 0 Å². The first-order chi connectivity index (χ1) is 6.98. The van der Waals surface area contributed by atoms with Crippen LogP contribution in [0.25, 0.3) is 0 Å². The Morgan fingerprint density at radius 3 is 1.94 bits per heavy atom. The second-order valence-corrected chi connectivity index (χ2v) is 3.04. The largest absolute Gasteiger partial charge is 0.456 e. The summed E-state index contributed by atoms with van der Waals surface area (Å²) in [5.74, 6) is -5.53. The normalized spacial score (nSPS) is 12.1. The van der Waals surface area contributed by atoms with Gasteiger partial charge in [-0.15, -0.1) is 0 Å². The summed E-state index contributed by atoms with van der Waals surface area (Å²) in [7, 11) is 0. The van der Waals surface area contributed by atoms with Gasteiger partial charge in [-0.3, -0.25) is 0 Å². The number of carbonyl (C=O) groups excluding carboxylic acids is 1. The van der Waals surface area contributed by atoms with Crippen molar-refractivity contribution >= 4 is 5.97 Å². The smallest absolute Gasteiger partial charge is 0.417 e. The molecule has 0 aromatic rings. The van der Waals surface area contributed by atoms with Crippen LogP contribution in [0.1, 0.15) is 6.92 Å². The fourth-order valence-electron chi connectivity index (χ4n) is 0.574. The van der Waals surface area contributed by atoms with Crippen molar-refractivity contribution in [1.29, 1.82) is 0 Å². The van der Waals surface area contributed by atoms with E-state index < -0.39 is 30.2 Å². The van der Waals surface area contributed by atoms with Crippen molar-refractivity contribution in [2.24, 2.45) is 0 Å². The van der Waals surface area contributed by atoms with Crippen LogP contribution in [0.2, 0.25) is 0 Å². The van der Waals surface area contributed by atoms with E-state index in [4.69, 9.17) is 0 Å². The van der Waals surface area contributed by atoms with Crippen LogP contribution in [0.3, 0.4) is 0 Å². The Kier molecular flexibility index (Phi) is 4.22. The summed E-state index contributed by atoms with van der Waals surface area (Å²) in [5.41, 5.74) is -2.44. The van der Waals surface area contributed by atoms with Gasteiger partial charge in [0, 0.05) is 5.57 Å². The Bertz CT molecular complexity index is 316. The minimum absolute atomic E-state index is 0.187. The quantitative estimate of drug-likeness (QED) is 0.329. The van der Waals surface area contributed by atoms with Crippen molar-refractivity contribution in [3.63, 3.8) is 0 Å². The summed E-state index contributed by atoms with van der Waals surface area (Å²) in [6, 6.07) is 0. The summed E-state index contributed by atoms with van der Waals surface area (Å²) in [6.45, 7) is 4.79. The molecule has 0 saturated heterocycles. The van der Waals surface area contributed by atoms with Crippen LogP contribution in [0.5, 0.6) is 0 Å². The first kappa shape index (κ1) is 14.6. The molecule has 0 spiro atoms. The molecule has 0 rings (SSSR count). The van der Waals surface area contributed by atoms with Gasteiger partial charge < -0.3 is 4.74 Å². The van der Waals surface area contributed by atoms with Crippen molar-refractivity contribution in [2.75, 3.05) is 6.61 Å². The van der Waals surface area contributed by atoms with Crippen LogP contribution < -0.4 is 0 Å². The van der Waals surface area contributed by atoms with Crippen LogP contribution in [0.15, 0.2) is 24.3 Å². The second-order valence-electron chi connectivity index (χ2n) is 3.04. The molecule has 0 amide bonds. The van der Waals surface area contributed by atoms with Crippen molar-refractivity contribution < 1.29 is 31.5 Å². The molecule has 0 fully saturated rings. The molecule has 0 atom stereocenters. The van der Waals surface area contributed by atoms with Crippen LogP contribution >= 0.6 is 0 Å². The predicted octanol–water partition coefficient (Wildman–Crippen LogP) is 2.86. The first-order valence-corrected chi connectivity index (χ1v) is 3.95. The van der Waals surface area contributed by atoms with E-state index in [9.17, 15) is 26.7 Å². The number of alkyl halides is 5. The maximum Gasteiger partial charge on any atom is 0.417 e. The van der Waals surface area contributed by atoms with Gasteiger partial charge in [0.05, 0.1) is 5.57 Å². The maximum absolute atomic E-state index is 12.8. The zero-order valence-electron chi connectivity index (χ0n) is 8.33. The Hall–Kier alpha value is -1.40. The highest BCUT2D eigenvalue weighted by atomic mass is 19.4. The predicted molar refractivity (Wildman–Crippen MR) is 45.9 cm³/mol. The van der Waals surface area contributed by atoms with Gasteiger partial charge in [0.1, 0.15) is 0 Å². The molecule has 16 heavy (non-hydrogen) atoms. The SMILES string of the molecule is C=C(C)C(=O)OCC(F)(F)C(=C)C(F)(F)F. The van der Waals surface area contributed by atoms with Crippen LogP contribution in [-0.4, -0.2) is 24.7 Å². The summed E-state index contributed by atoms with van der Waals surface area (Å²) in [5, 5.41) is 0. The third kappa shape index (κ3) is 4.00. The van der Waals surface area contributed by atoms with E-state index in [2.05, 4.69) is 17.9 Å². The number of halogens is 5. The average molecular weight is 244 g/mol. The van der Waals surface area contributed by atoms with E-state index in [1.165, 1.54) is 6.92 Å². The van der Waals surface area contributed by atoms with Crippen LogP contribution in [0, 0.1) is 0 Å². The van der Waals surface area contributed by atoms with E-state index in [1.54, 1.807) is 0 Å². The zero-order valence-corrected chi connectivity index (χ0v) is 8.33. The zero-order chi connectivity index (χ0) is 13.1. The highest BCUT2D eigenvalue weighted by Gasteiger charge is 2.49. The maximum atomic E-state index is 12.8. The number of rotatable bonds is 4. The molecular weight excluding hydrogens is 235 g/mol. The molecule has 0 saturated carbocycles. The van der Waals surface area contributed by atoms with Gasteiger partial charge in [0.15, 0.2) is 6.61 Å². The van der Waals surface area contributed by atoms with Crippen molar-refractivity contribution in [3.05, 3.63) is 24.3 Å². The summed E-state index contributed by atoms with van der Waals surface area (Å²) >= 11 is 0. The molecule has 0 aliphatic rings. The lowest BCUT2D eigenvalue weighted by atomic mass is 10.1. The molecule has 0 bridgehead atoms. The lowest BCUT2D eigenvalue weighted by molar-refractivity contribution is -0.160. The Morgan fingerprint density at radius 2 is 1.62 bits per heavy atom. The van der Waals surface area contributed by atoms with Crippen LogP contribution in [0.4, 0.5) is 22.0 Å². The van der Waals surface area contributed by atoms with Gasteiger partial charge >= 0.3 is 18.1 Å². The molecule has 0 heterocycles. The first-order valence-electron chi connectivity index (χ1n) is 3.95. The molecule has 0 aliphatic carbocycles. The standard InChI is InChI=1S/C9H9F5O2/c1-5(2)7(15)16-4-8(10,11)6(3)9(12,13)14/h1,3-4H2,2H3. The number of hydrogen-bond donors (Lipinski definition) is 0. The number of esters is 1. The van der Waals surface area contributed by atoms with Gasteiger partial charge in [-0.05, 0) is 6.92 Å². The summed E-state index contributed by atoms with van der Waals surface area (Å²) in [6.07, 6.45) is -5.24. The van der Waals surface area contributed by atoms with E-state index in [-0.39, 0.29) is 5.57 Å². The second kappa shape index (κ2) is 4.63. The van der Waals surface area contributed by atoms with E-state index >= 15 is 0 Å². The molecule has 0 N–H and O–H groups in total. The third-order valence-corrected chi connectivity index (χ3v) is 1.52. The Labute approximate surface area is 88.4 Å². The van der Waals surface area contributed by atoms with E-state index in [0.29, 0.717) is 0 Å². The minimum atomic E-state index is -5.24. The molecule has 0 unspecified atom stereocenters. The number of carbonyl (C=O) groups is 1. The average Bonchev–Trinajstić information content (AvgIpc) is 2.11. The molecule has 0 aliphatic heterocycles. The number of ether oxygens (including phenoxy) is 1. The van der Waals surface area contributed by atoms with E-state index in [0.717, 1.165) is 0 Å². The van der Waals surface area contributed by atoms with Crippen molar-refractivity contribution in [1.82, 2.24) is 0 Å². The fraction of sp³-hybridized carbons (Fsp3) is 0.444. The molecule has 2 nitrogen and oxygen atoms in total. The Balaban J connectivity index is 4.53. The van der Waals surface area contributed by atoms with Crippen molar-refractivity contribution in [3.8, 4) is 0 Å². The summed E-state index contributed by atoms with van der Waals surface area (Å²) < 4.78 is 65.2. The van der Waals surface area contributed by atoms with Gasteiger partial charge in [0.25, 0.3) is 0 Å². The molecule has 0 aromatic heterocycles. The topological polar surface area (TPSA) is 26.3 Å².